The topological polar surface area (TPSA) is 82.3 Å². The van der Waals surface area contributed by atoms with Crippen LogP contribution in [0, 0.1) is 5.82 Å². The number of halogens is 1. The molecule has 4 rings (SSSR count). The second kappa shape index (κ2) is 11.5. The molecule has 0 saturated carbocycles. The zero-order valence-corrected chi connectivity index (χ0v) is 18.1. The van der Waals surface area contributed by atoms with Gasteiger partial charge in [0.2, 0.25) is 0 Å². The van der Waals surface area contributed by atoms with Gasteiger partial charge in [-0.1, -0.05) is 42.5 Å². The van der Waals surface area contributed by atoms with Crippen molar-refractivity contribution in [3.8, 4) is 16.9 Å². The highest BCUT2D eigenvalue weighted by Gasteiger charge is 2.12. The van der Waals surface area contributed by atoms with Crippen molar-refractivity contribution in [1.29, 1.82) is 0 Å². The first-order valence-electron chi connectivity index (χ1n) is 10.2. The maximum Gasteiger partial charge on any atom is 0.343 e. The lowest BCUT2D eigenvalue weighted by Crippen LogP contribution is -2.08. The first-order chi connectivity index (χ1) is 16.0. The Bertz CT molecular complexity index is 1230. The Morgan fingerprint density at radius 1 is 0.909 bits per heavy atom. The highest BCUT2D eigenvalue weighted by atomic mass is 19.1. The number of ketones is 1. The molecule has 0 radical (unpaired) electrons. The average molecular weight is 442 g/mol. The summed E-state index contributed by atoms with van der Waals surface area (Å²) in [5.74, 6) is -0.254. The Labute approximate surface area is 191 Å². The molecule has 33 heavy (non-hydrogen) atoms. The summed E-state index contributed by atoms with van der Waals surface area (Å²) in [7, 11) is 0. The van der Waals surface area contributed by atoms with E-state index in [0.29, 0.717) is 23.4 Å². The van der Waals surface area contributed by atoms with E-state index in [0.717, 1.165) is 16.7 Å². The van der Waals surface area contributed by atoms with Crippen LogP contribution in [-0.2, 0) is 6.54 Å². The number of hydrogen-bond acceptors (Lipinski definition) is 5. The van der Waals surface area contributed by atoms with Crippen molar-refractivity contribution in [3.63, 3.8) is 0 Å². The molecule has 0 aliphatic carbocycles. The number of aromatic nitrogens is 1. The molecule has 2 N–H and O–H groups in total. The van der Waals surface area contributed by atoms with E-state index in [9.17, 15) is 14.0 Å². The van der Waals surface area contributed by atoms with Gasteiger partial charge >= 0.3 is 5.97 Å². The van der Waals surface area contributed by atoms with Gasteiger partial charge in [-0.25, -0.2) is 9.18 Å². The van der Waals surface area contributed by atoms with Gasteiger partial charge in [-0.2, -0.15) is 0 Å². The summed E-state index contributed by atoms with van der Waals surface area (Å²) in [5.41, 5.74) is 9.44. The molecule has 1 aromatic heterocycles. The maximum atomic E-state index is 12.4. The van der Waals surface area contributed by atoms with Crippen LogP contribution < -0.4 is 10.5 Å². The molecule has 0 aliphatic heterocycles. The molecule has 0 aliphatic rings. The summed E-state index contributed by atoms with van der Waals surface area (Å²) in [6.07, 6.45) is 2.70. The number of para-hydroxylation sites is 1. The number of carbonyl (C=O) groups is 2. The molecule has 0 amide bonds. The Hall–Kier alpha value is -4.16. The van der Waals surface area contributed by atoms with Crippen LogP contribution in [0.15, 0.2) is 97.3 Å². The molecule has 4 aromatic rings. The monoisotopic (exact) mass is 442 g/mol. The lowest BCUT2D eigenvalue weighted by Gasteiger charge is -2.11. The molecule has 5 nitrogen and oxygen atoms in total. The Balaban J connectivity index is 0.000000374. The van der Waals surface area contributed by atoms with Crippen molar-refractivity contribution in [2.45, 2.75) is 13.5 Å². The van der Waals surface area contributed by atoms with E-state index >= 15 is 0 Å². The van der Waals surface area contributed by atoms with Crippen molar-refractivity contribution in [3.05, 3.63) is 120 Å². The zero-order chi connectivity index (χ0) is 23.6. The number of nitrogens with two attached hydrogens (primary N) is 1. The van der Waals surface area contributed by atoms with Crippen molar-refractivity contribution < 1.29 is 18.7 Å². The summed E-state index contributed by atoms with van der Waals surface area (Å²) in [5, 5.41) is 0. The molecule has 0 fully saturated rings. The van der Waals surface area contributed by atoms with E-state index < -0.39 is 5.97 Å². The van der Waals surface area contributed by atoms with Crippen molar-refractivity contribution >= 4 is 11.8 Å². The standard InChI is InChI=1S/C22H19NO3.C5H4FN/c1-15(24)16-10-11-19(14-23)21(13-16)17-6-5-7-18(12-17)22(25)26-20-8-3-2-4-9-20;6-5-2-1-3-7-4-5/h2-13H,14,23H2,1H3;1-4H. The van der Waals surface area contributed by atoms with Gasteiger partial charge in [-0.15, -0.1) is 0 Å². The smallest absolute Gasteiger partial charge is 0.343 e. The van der Waals surface area contributed by atoms with Crippen LogP contribution in [-0.4, -0.2) is 16.7 Å². The van der Waals surface area contributed by atoms with Crippen LogP contribution >= 0.6 is 0 Å². The number of rotatable bonds is 5. The van der Waals surface area contributed by atoms with E-state index in [2.05, 4.69) is 4.98 Å². The normalized spacial score (nSPS) is 10.0. The summed E-state index contributed by atoms with van der Waals surface area (Å²) < 4.78 is 17.2. The van der Waals surface area contributed by atoms with Gasteiger partial charge in [-0.3, -0.25) is 9.78 Å². The van der Waals surface area contributed by atoms with Gasteiger partial charge in [-0.05, 0) is 66.1 Å². The van der Waals surface area contributed by atoms with E-state index in [4.69, 9.17) is 10.5 Å². The second-order valence-electron chi connectivity index (χ2n) is 7.09. The summed E-state index contributed by atoms with van der Waals surface area (Å²) in [4.78, 5) is 27.6. The molecule has 3 aromatic carbocycles. The van der Waals surface area contributed by atoms with Gasteiger partial charge in [0.05, 0.1) is 11.8 Å². The molecule has 0 bridgehead atoms. The maximum absolute atomic E-state index is 12.4. The van der Waals surface area contributed by atoms with E-state index in [1.54, 1.807) is 54.6 Å². The Morgan fingerprint density at radius 3 is 2.30 bits per heavy atom. The number of ether oxygens (including phenoxy) is 1. The molecule has 6 heteroatoms. The first-order valence-corrected chi connectivity index (χ1v) is 10.2. The van der Waals surface area contributed by atoms with E-state index in [1.807, 2.05) is 24.3 Å². The van der Waals surface area contributed by atoms with Crippen molar-refractivity contribution in [2.24, 2.45) is 5.73 Å². The number of benzene rings is 3. The van der Waals surface area contributed by atoms with Gasteiger partial charge in [0.15, 0.2) is 5.78 Å². The SMILES string of the molecule is CC(=O)c1ccc(CN)c(-c2cccc(C(=O)Oc3ccccc3)c2)c1.Fc1cccnc1. The van der Waals surface area contributed by atoms with Crippen LogP contribution in [0.5, 0.6) is 5.75 Å². The van der Waals surface area contributed by atoms with Crippen molar-refractivity contribution in [1.82, 2.24) is 4.98 Å². The van der Waals surface area contributed by atoms with E-state index in [-0.39, 0.29) is 11.6 Å². The number of Topliss-reactive ketones (excluding diaryl/α,β-unsaturated/α-hetero) is 1. The number of carbonyl (C=O) groups excluding carboxylic acids is 2. The molecular formula is C27H23FN2O3. The van der Waals surface area contributed by atoms with Crippen LogP contribution in [0.3, 0.4) is 0 Å². The summed E-state index contributed by atoms with van der Waals surface area (Å²) >= 11 is 0. The molecule has 0 atom stereocenters. The largest absolute Gasteiger partial charge is 0.423 e. The average Bonchev–Trinajstić information content (AvgIpc) is 2.85. The highest BCUT2D eigenvalue weighted by Crippen LogP contribution is 2.26. The third kappa shape index (κ3) is 6.66. The molecule has 0 saturated heterocycles. The predicted molar refractivity (Wildman–Crippen MR) is 125 cm³/mol. The number of nitrogens with zero attached hydrogens (tertiary/aromatic N) is 1. The fraction of sp³-hybridized carbons (Fsp3) is 0.0741. The fourth-order valence-corrected chi connectivity index (χ4v) is 3.05. The third-order valence-corrected chi connectivity index (χ3v) is 4.72. The molecule has 166 valence electrons. The summed E-state index contributed by atoms with van der Waals surface area (Å²) in [6, 6.07) is 24.4. The van der Waals surface area contributed by atoms with Gasteiger partial charge in [0.1, 0.15) is 11.6 Å². The first kappa shape index (κ1) is 23.5. The number of hydrogen-bond donors (Lipinski definition) is 1. The molecule has 0 spiro atoms. The second-order valence-corrected chi connectivity index (χ2v) is 7.09. The van der Waals surface area contributed by atoms with Crippen molar-refractivity contribution in [2.75, 3.05) is 0 Å². The highest BCUT2D eigenvalue weighted by molar-refractivity contribution is 5.96. The minimum atomic E-state index is -0.435. The third-order valence-electron chi connectivity index (χ3n) is 4.72. The molecule has 0 unspecified atom stereocenters. The van der Waals surface area contributed by atoms with Crippen LogP contribution in [0.25, 0.3) is 11.1 Å². The van der Waals surface area contributed by atoms with Crippen LogP contribution in [0.4, 0.5) is 4.39 Å². The lowest BCUT2D eigenvalue weighted by atomic mass is 9.95. The molecule has 1 heterocycles. The van der Waals surface area contributed by atoms with Crippen LogP contribution in [0.2, 0.25) is 0 Å². The predicted octanol–water partition coefficient (Wildman–Crippen LogP) is 5.45. The van der Waals surface area contributed by atoms with Gasteiger partial charge in [0.25, 0.3) is 0 Å². The Kier molecular flexibility index (Phi) is 8.16. The van der Waals surface area contributed by atoms with Gasteiger partial charge < -0.3 is 10.5 Å². The minimum absolute atomic E-state index is 0.0190. The fourth-order valence-electron chi connectivity index (χ4n) is 3.05. The quantitative estimate of drug-likeness (QED) is 0.252. The number of pyridine rings is 1. The summed E-state index contributed by atoms with van der Waals surface area (Å²) in [6.45, 7) is 1.86. The number of esters is 1. The lowest BCUT2D eigenvalue weighted by molar-refractivity contribution is 0.0734. The zero-order valence-electron chi connectivity index (χ0n) is 18.1. The van der Waals surface area contributed by atoms with E-state index in [1.165, 1.54) is 25.4 Å². The van der Waals surface area contributed by atoms with Gasteiger partial charge in [0, 0.05) is 18.3 Å². The Morgan fingerprint density at radius 2 is 1.70 bits per heavy atom. The molecular weight excluding hydrogens is 419 g/mol. The van der Waals surface area contributed by atoms with Crippen LogP contribution in [0.1, 0.15) is 33.2 Å². The minimum Gasteiger partial charge on any atom is -0.423 e.